The lowest BCUT2D eigenvalue weighted by Gasteiger charge is -2.04. The van der Waals surface area contributed by atoms with Gasteiger partial charge in [-0.05, 0) is 53.8 Å². The van der Waals surface area contributed by atoms with E-state index in [2.05, 4.69) is 32.4 Å². The molecular weight excluding hydrogens is 378 g/mol. The Hall–Kier alpha value is -4.07. The minimum atomic E-state index is -0.207. The standard InChI is InChI=1S/C22H23N7O/c1-2-3-18(28-29-22(23)24)14-5-7-17-15(10-14)11-20(27-17)21(30)26-16-6-4-13-8-9-25-19(13)12-16/h4-12,25,27H,2-3H2,1H3,(H,26,30)(H4,23,24,29)/b28-18+. The van der Waals surface area contributed by atoms with Crippen LogP contribution >= 0.6 is 0 Å². The summed E-state index contributed by atoms with van der Waals surface area (Å²) in [5.74, 6) is -0.288. The molecule has 4 aromatic rings. The lowest BCUT2D eigenvalue weighted by atomic mass is 10.0. The number of rotatable bonds is 6. The highest BCUT2D eigenvalue weighted by molar-refractivity contribution is 6.08. The summed E-state index contributed by atoms with van der Waals surface area (Å²) >= 11 is 0. The normalized spacial score (nSPS) is 11.7. The number of aromatic amines is 2. The molecule has 0 atom stereocenters. The Morgan fingerprint density at radius 3 is 2.67 bits per heavy atom. The van der Waals surface area contributed by atoms with E-state index < -0.39 is 0 Å². The molecule has 0 fully saturated rings. The molecule has 2 heterocycles. The number of amides is 1. The number of fused-ring (bicyclic) bond motifs is 2. The quantitative estimate of drug-likeness (QED) is 0.191. The molecule has 0 saturated heterocycles. The molecule has 30 heavy (non-hydrogen) atoms. The number of benzene rings is 2. The maximum atomic E-state index is 12.7. The van der Waals surface area contributed by atoms with E-state index in [0.717, 1.165) is 51.6 Å². The van der Waals surface area contributed by atoms with Gasteiger partial charge in [0.05, 0.1) is 5.71 Å². The van der Waals surface area contributed by atoms with Gasteiger partial charge in [0.2, 0.25) is 5.96 Å². The van der Waals surface area contributed by atoms with Gasteiger partial charge in [-0.25, -0.2) is 0 Å². The first-order valence-electron chi connectivity index (χ1n) is 9.70. The molecule has 8 nitrogen and oxygen atoms in total. The maximum absolute atomic E-state index is 12.7. The van der Waals surface area contributed by atoms with Crippen molar-refractivity contribution in [2.45, 2.75) is 19.8 Å². The molecule has 0 saturated carbocycles. The second kappa shape index (κ2) is 8.12. The first-order valence-corrected chi connectivity index (χ1v) is 9.70. The average molecular weight is 401 g/mol. The van der Waals surface area contributed by atoms with Gasteiger partial charge in [-0.1, -0.05) is 25.5 Å². The fourth-order valence-electron chi connectivity index (χ4n) is 3.37. The second-order valence-electron chi connectivity index (χ2n) is 7.04. The fraction of sp³-hybridized carbons (Fsp3) is 0.136. The number of nitrogens with two attached hydrogens (primary N) is 2. The SMILES string of the molecule is CCC/C(=N\N=C(N)N)c1ccc2[nH]c(C(=O)Nc3ccc4cc[nH]c4c3)cc2c1. The van der Waals surface area contributed by atoms with Crippen molar-refractivity contribution < 1.29 is 4.79 Å². The van der Waals surface area contributed by atoms with Gasteiger partial charge < -0.3 is 26.8 Å². The van der Waals surface area contributed by atoms with E-state index in [1.165, 1.54) is 0 Å². The van der Waals surface area contributed by atoms with E-state index in [9.17, 15) is 4.79 Å². The van der Waals surface area contributed by atoms with Crippen LogP contribution in [0.15, 0.2) is 64.9 Å². The molecule has 0 spiro atoms. The van der Waals surface area contributed by atoms with Crippen LogP contribution in [0.3, 0.4) is 0 Å². The third kappa shape index (κ3) is 4.02. The Bertz CT molecular complexity index is 1280. The molecule has 0 bridgehead atoms. The van der Waals surface area contributed by atoms with Crippen molar-refractivity contribution in [2.75, 3.05) is 5.32 Å². The van der Waals surface area contributed by atoms with Crippen LogP contribution in [0.5, 0.6) is 0 Å². The molecule has 4 rings (SSSR count). The minimum Gasteiger partial charge on any atom is -0.369 e. The summed E-state index contributed by atoms with van der Waals surface area (Å²) in [7, 11) is 0. The number of nitrogens with one attached hydrogen (secondary N) is 3. The number of hydrogen-bond acceptors (Lipinski definition) is 3. The van der Waals surface area contributed by atoms with Crippen molar-refractivity contribution in [3.05, 3.63) is 66.0 Å². The average Bonchev–Trinajstić information content (AvgIpc) is 3.36. The van der Waals surface area contributed by atoms with Crippen molar-refractivity contribution >= 4 is 45.1 Å². The molecule has 0 unspecified atom stereocenters. The van der Waals surface area contributed by atoms with Crippen LogP contribution in [0, 0.1) is 0 Å². The maximum Gasteiger partial charge on any atom is 0.272 e. The van der Waals surface area contributed by atoms with E-state index >= 15 is 0 Å². The van der Waals surface area contributed by atoms with Crippen molar-refractivity contribution in [3.63, 3.8) is 0 Å². The van der Waals surface area contributed by atoms with Gasteiger partial charge in [-0.15, -0.1) is 5.10 Å². The van der Waals surface area contributed by atoms with Crippen LogP contribution in [0.1, 0.15) is 35.8 Å². The zero-order valence-electron chi connectivity index (χ0n) is 16.6. The molecule has 0 aliphatic rings. The number of anilines is 1. The summed E-state index contributed by atoms with van der Waals surface area (Å²) < 4.78 is 0. The molecule has 0 aliphatic heterocycles. The van der Waals surface area contributed by atoms with Crippen molar-refractivity contribution in [3.8, 4) is 0 Å². The number of carbonyl (C=O) groups is 1. The zero-order chi connectivity index (χ0) is 21.1. The van der Waals surface area contributed by atoms with Crippen molar-refractivity contribution in [2.24, 2.45) is 21.7 Å². The summed E-state index contributed by atoms with van der Waals surface area (Å²) in [4.78, 5) is 19.0. The van der Waals surface area contributed by atoms with E-state index in [4.69, 9.17) is 11.5 Å². The molecular formula is C22H23N7O. The summed E-state index contributed by atoms with van der Waals surface area (Å²) in [6.45, 7) is 2.06. The highest BCUT2D eigenvalue weighted by Gasteiger charge is 2.12. The van der Waals surface area contributed by atoms with Gasteiger partial charge in [0, 0.05) is 28.3 Å². The molecule has 1 amide bonds. The molecule has 0 radical (unpaired) electrons. The Morgan fingerprint density at radius 1 is 1.00 bits per heavy atom. The number of carbonyl (C=O) groups excluding carboxylic acids is 1. The van der Waals surface area contributed by atoms with Crippen LogP contribution < -0.4 is 16.8 Å². The minimum absolute atomic E-state index is 0.0807. The Kier molecular flexibility index (Phi) is 5.21. The van der Waals surface area contributed by atoms with Crippen LogP contribution in [-0.2, 0) is 0 Å². The molecule has 2 aromatic heterocycles. The van der Waals surface area contributed by atoms with Crippen LogP contribution in [0.4, 0.5) is 5.69 Å². The van der Waals surface area contributed by atoms with Gasteiger partial charge in [-0.3, -0.25) is 4.79 Å². The van der Waals surface area contributed by atoms with E-state index in [0.29, 0.717) is 5.69 Å². The number of H-pyrrole nitrogens is 2. The van der Waals surface area contributed by atoms with E-state index in [1.54, 1.807) is 0 Å². The van der Waals surface area contributed by atoms with Crippen molar-refractivity contribution in [1.82, 2.24) is 9.97 Å². The molecule has 7 N–H and O–H groups in total. The van der Waals surface area contributed by atoms with E-state index in [-0.39, 0.29) is 11.9 Å². The zero-order valence-corrected chi connectivity index (χ0v) is 16.6. The van der Waals surface area contributed by atoms with Crippen LogP contribution in [-0.4, -0.2) is 27.5 Å². The summed E-state index contributed by atoms with van der Waals surface area (Å²) in [5, 5.41) is 12.9. The molecule has 8 heteroatoms. The third-order valence-electron chi connectivity index (χ3n) is 4.78. The van der Waals surface area contributed by atoms with Gasteiger partial charge in [0.1, 0.15) is 5.69 Å². The monoisotopic (exact) mass is 401 g/mol. The highest BCUT2D eigenvalue weighted by Crippen LogP contribution is 2.21. The fourth-order valence-corrected chi connectivity index (χ4v) is 3.37. The predicted molar refractivity (Wildman–Crippen MR) is 122 cm³/mol. The second-order valence-corrected chi connectivity index (χ2v) is 7.04. The predicted octanol–water partition coefficient (Wildman–Crippen LogP) is 3.68. The number of guanidine groups is 1. The molecule has 152 valence electrons. The highest BCUT2D eigenvalue weighted by atomic mass is 16.1. The lowest BCUT2D eigenvalue weighted by Crippen LogP contribution is -2.22. The lowest BCUT2D eigenvalue weighted by molar-refractivity contribution is 0.102. The topological polar surface area (TPSA) is 137 Å². The van der Waals surface area contributed by atoms with Crippen molar-refractivity contribution in [1.29, 1.82) is 0 Å². The Labute approximate surface area is 173 Å². The van der Waals surface area contributed by atoms with Crippen LogP contribution in [0.2, 0.25) is 0 Å². The van der Waals surface area contributed by atoms with Gasteiger partial charge in [-0.2, -0.15) is 5.10 Å². The van der Waals surface area contributed by atoms with Gasteiger partial charge >= 0.3 is 0 Å². The van der Waals surface area contributed by atoms with Crippen LogP contribution in [0.25, 0.3) is 21.8 Å². The van der Waals surface area contributed by atoms with E-state index in [1.807, 2.05) is 54.7 Å². The first kappa shape index (κ1) is 19.3. The van der Waals surface area contributed by atoms with Gasteiger partial charge in [0.25, 0.3) is 5.91 Å². The molecule has 2 aromatic carbocycles. The Balaban J connectivity index is 1.60. The summed E-state index contributed by atoms with van der Waals surface area (Å²) in [6, 6.07) is 15.4. The van der Waals surface area contributed by atoms with Gasteiger partial charge in [0.15, 0.2) is 0 Å². The number of aromatic nitrogens is 2. The third-order valence-corrected chi connectivity index (χ3v) is 4.78. The smallest absolute Gasteiger partial charge is 0.272 e. The summed E-state index contributed by atoms with van der Waals surface area (Å²) in [6.07, 6.45) is 3.51. The molecule has 0 aliphatic carbocycles. The summed E-state index contributed by atoms with van der Waals surface area (Å²) in [5.41, 5.74) is 15.5. The number of nitrogens with zero attached hydrogens (tertiary/aromatic N) is 2. The first-order chi connectivity index (χ1) is 14.5. The Morgan fingerprint density at radius 2 is 1.87 bits per heavy atom. The largest absolute Gasteiger partial charge is 0.369 e. The number of hydrogen-bond donors (Lipinski definition) is 5.